The van der Waals surface area contributed by atoms with E-state index < -0.39 is 59.2 Å². The first-order chi connectivity index (χ1) is 20.6. The van der Waals surface area contributed by atoms with E-state index in [1.807, 2.05) is 0 Å². The lowest BCUT2D eigenvalue weighted by atomic mass is 9.98. The Kier molecular flexibility index (Phi) is 9.53. The van der Waals surface area contributed by atoms with Crippen LogP contribution >= 0.6 is 0 Å². The van der Waals surface area contributed by atoms with Crippen molar-refractivity contribution in [3.63, 3.8) is 0 Å². The maximum Gasteiger partial charge on any atom is 0.416 e. The molecule has 7 nitrogen and oxygen atoms in total. The highest BCUT2D eigenvalue weighted by Gasteiger charge is 2.40. The van der Waals surface area contributed by atoms with E-state index in [-0.39, 0.29) is 40.7 Å². The van der Waals surface area contributed by atoms with E-state index in [4.69, 9.17) is 9.47 Å². The van der Waals surface area contributed by atoms with Crippen LogP contribution in [0.5, 0.6) is 11.5 Å². The molecule has 1 atom stereocenters. The van der Waals surface area contributed by atoms with Gasteiger partial charge in [-0.1, -0.05) is 0 Å². The maximum atomic E-state index is 14.9. The summed E-state index contributed by atoms with van der Waals surface area (Å²) in [5.41, 5.74) is -2.01. The predicted molar refractivity (Wildman–Crippen MR) is 153 cm³/mol. The molecule has 0 spiro atoms. The van der Waals surface area contributed by atoms with Crippen LogP contribution in [0.2, 0.25) is 0 Å². The Bertz CT molecular complexity index is 1550. The van der Waals surface area contributed by atoms with Crippen LogP contribution in [0.1, 0.15) is 84.6 Å². The maximum absolute atomic E-state index is 14.9. The summed E-state index contributed by atoms with van der Waals surface area (Å²) in [6, 6.07) is 7.91. The minimum Gasteiger partial charge on any atom is -0.456 e. The zero-order valence-electron chi connectivity index (χ0n) is 24.6. The molecular weight excluding hydrogens is 587 g/mol. The second kappa shape index (κ2) is 12.8. The number of aliphatic hydroxyl groups is 1. The molecule has 44 heavy (non-hydrogen) atoms. The number of halogens is 5. The van der Waals surface area contributed by atoms with Gasteiger partial charge >= 0.3 is 12.3 Å². The average molecular weight is 621 g/mol. The molecule has 0 radical (unpaired) electrons. The number of alkyl carbamates (subject to hydrolysis) is 1. The second-order valence-corrected chi connectivity index (χ2v) is 11.6. The molecule has 1 aliphatic rings. The van der Waals surface area contributed by atoms with Crippen LogP contribution in [-0.2, 0) is 10.9 Å². The number of rotatable bonds is 9. The van der Waals surface area contributed by atoms with Gasteiger partial charge in [0.1, 0.15) is 28.7 Å². The molecule has 1 unspecified atom stereocenters. The summed E-state index contributed by atoms with van der Waals surface area (Å²) in [4.78, 5) is 25.9. The molecule has 1 fully saturated rings. The quantitative estimate of drug-likeness (QED) is 0.210. The van der Waals surface area contributed by atoms with Gasteiger partial charge in [-0.3, -0.25) is 4.79 Å². The number of carbonyl (C=O) groups is 2. The molecule has 0 aromatic heterocycles. The van der Waals surface area contributed by atoms with Crippen LogP contribution in [0.4, 0.5) is 32.4 Å². The van der Waals surface area contributed by atoms with Gasteiger partial charge in [0, 0.05) is 17.9 Å². The van der Waals surface area contributed by atoms with Crippen LogP contribution in [0.15, 0.2) is 48.5 Å². The Labute approximate surface area is 251 Å². The van der Waals surface area contributed by atoms with Crippen molar-refractivity contribution in [2.45, 2.75) is 70.7 Å². The molecule has 0 saturated heterocycles. The van der Waals surface area contributed by atoms with E-state index >= 15 is 0 Å². The van der Waals surface area contributed by atoms with Crippen molar-refractivity contribution in [1.82, 2.24) is 5.32 Å². The third kappa shape index (κ3) is 8.25. The average Bonchev–Trinajstić information content (AvgIpc) is 3.75. The summed E-state index contributed by atoms with van der Waals surface area (Å²) in [7, 11) is 0. The number of hydrogen-bond acceptors (Lipinski definition) is 5. The fraction of sp³-hybridized carbons (Fsp3) is 0.375. The van der Waals surface area contributed by atoms with Gasteiger partial charge in [0.05, 0.1) is 17.2 Å². The van der Waals surface area contributed by atoms with Crippen molar-refractivity contribution in [3.05, 3.63) is 88.0 Å². The van der Waals surface area contributed by atoms with Gasteiger partial charge in [-0.25, -0.2) is 13.6 Å². The number of carbonyl (C=O) groups excluding carboxylic acids is 2. The summed E-state index contributed by atoms with van der Waals surface area (Å²) in [6.07, 6.45) is -4.62. The van der Waals surface area contributed by atoms with E-state index in [1.54, 1.807) is 27.7 Å². The fourth-order valence-corrected chi connectivity index (χ4v) is 4.65. The van der Waals surface area contributed by atoms with E-state index in [1.165, 1.54) is 30.3 Å². The monoisotopic (exact) mass is 620 g/mol. The first kappa shape index (κ1) is 32.7. The number of nitrogens with one attached hydrogen (secondary N) is 2. The Morgan fingerprint density at radius 1 is 1.00 bits per heavy atom. The molecule has 3 aromatic carbocycles. The zero-order valence-corrected chi connectivity index (χ0v) is 24.6. The number of amides is 2. The molecule has 4 rings (SSSR count). The minimum absolute atomic E-state index is 0.00377. The second-order valence-electron chi connectivity index (χ2n) is 11.6. The number of ether oxygens (including phenoxy) is 2. The number of aliphatic hydroxyl groups excluding tert-OH is 1. The molecule has 2 amide bonds. The predicted octanol–water partition coefficient (Wildman–Crippen LogP) is 8.16. The van der Waals surface area contributed by atoms with E-state index in [9.17, 15) is 36.6 Å². The van der Waals surface area contributed by atoms with Gasteiger partial charge in [-0.2, -0.15) is 13.2 Å². The lowest BCUT2D eigenvalue weighted by Gasteiger charge is -2.24. The van der Waals surface area contributed by atoms with Crippen molar-refractivity contribution in [2.24, 2.45) is 0 Å². The van der Waals surface area contributed by atoms with Gasteiger partial charge in [-0.05, 0) is 113 Å². The minimum atomic E-state index is -4.76. The van der Waals surface area contributed by atoms with Crippen LogP contribution in [0.3, 0.4) is 0 Å². The normalized spacial score (nSPS) is 14.1. The summed E-state index contributed by atoms with van der Waals surface area (Å²) in [5.74, 6) is -2.65. The van der Waals surface area contributed by atoms with Crippen LogP contribution in [-0.4, -0.2) is 29.3 Å². The van der Waals surface area contributed by atoms with Crippen LogP contribution < -0.4 is 15.4 Å². The number of aryl methyl sites for hydroxylation is 1. The fourth-order valence-electron chi connectivity index (χ4n) is 4.65. The highest BCUT2D eigenvalue weighted by atomic mass is 19.4. The van der Waals surface area contributed by atoms with Crippen molar-refractivity contribution >= 4 is 17.7 Å². The number of alkyl halides is 3. The van der Waals surface area contributed by atoms with E-state index in [0.29, 0.717) is 18.4 Å². The summed E-state index contributed by atoms with van der Waals surface area (Å²) in [5, 5.41) is 14.5. The van der Waals surface area contributed by atoms with Crippen molar-refractivity contribution in [2.75, 3.05) is 11.9 Å². The highest BCUT2D eigenvalue weighted by molar-refractivity contribution is 6.06. The summed E-state index contributed by atoms with van der Waals surface area (Å²) >= 11 is 0. The molecule has 0 bridgehead atoms. The van der Waals surface area contributed by atoms with Crippen LogP contribution in [0.25, 0.3) is 0 Å². The van der Waals surface area contributed by atoms with E-state index in [0.717, 1.165) is 18.2 Å². The molecule has 0 aliphatic heterocycles. The first-order valence-electron chi connectivity index (χ1n) is 14.0. The zero-order chi connectivity index (χ0) is 32.4. The standard InChI is InChI=1S/C32H33F5N2O5/c1-17-13-19(33)7-10-27(17)43-28-16-21(18-5-6-18)24(32(35,36)37)15-23(28)29(41)38-20-8-9-25(34)22(14-20)26(11-12-40)39-30(42)44-31(2,3)4/h7-10,13-16,18,26,40H,5-6,11-12H2,1-4H3,(H,38,41)(H,39,42). The van der Waals surface area contributed by atoms with Crippen LogP contribution in [0, 0.1) is 18.6 Å². The Hall–Kier alpha value is -4.19. The highest BCUT2D eigenvalue weighted by Crippen LogP contribution is 2.48. The van der Waals surface area contributed by atoms with Crippen molar-refractivity contribution in [3.8, 4) is 11.5 Å². The molecule has 12 heteroatoms. The molecule has 236 valence electrons. The molecule has 3 N–H and O–H groups in total. The summed E-state index contributed by atoms with van der Waals surface area (Å²) < 4.78 is 82.1. The Morgan fingerprint density at radius 2 is 1.70 bits per heavy atom. The Morgan fingerprint density at radius 3 is 2.30 bits per heavy atom. The van der Waals surface area contributed by atoms with Gasteiger partial charge in [0.15, 0.2) is 0 Å². The third-order valence-corrected chi connectivity index (χ3v) is 6.81. The van der Waals surface area contributed by atoms with Crippen molar-refractivity contribution in [1.29, 1.82) is 0 Å². The largest absolute Gasteiger partial charge is 0.456 e. The van der Waals surface area contributed by atoms with Gasteiger partial charge in [0.25, 0.3) is 5.91 Å². The van der Waals surface area contributed by atoms with Gasteiger partial charge in [0.2, 0.25) is 0 Å². The SMILES string of the molecule is Cc1cc(F)ccc1Oc1cc(C2CC2)c(C(F)(F)F)cc1C(=O)Nc1ccc(F)c(C(CCO)NC(=O)OC(C)(C)C)c1. The molecule has 1 saturated carbocycles. The lowest BCUT2D eigenvalue weighted by molar-refractivity contribution is -0.138. The third-order valence-electron chi connectivity index (χ3n) is 6.81. The Balaban J connectivity index is 1.70. The van der Waals surface area contributed by atoms with E-state index in [2.05, 4.69) is 10.6 Å². The number of hydrogen-bond donors (Lipinski definition) is 3. The first-order valence-corrected chi connectivity index (χ1v) is 14.0. The molecule has 0 heterocycles. The van der Waals surface area contributed by atoms with Gasteiger partial charge < -0.3 is 25.2 Å². The van der Waals surface area contributed by atoms with Crippen molar-refractivity contribution < 1.29 is 46.1 Å². The lowest BCUT2D eigenvalue weighted by Crippen LogP contribution is -2.35. The molecule has 1 aliphatic carbocycles. The van der Waals surface area contributed by atoms with Gasteiger partial charge in [-0.15, -0.1) is 0 Å². The smallest absolute Gasteiger partial charge is 0.416 e. The summed E-state index contributed by atoms with van der Waals surface area (Å²) in [6.45, 7) is 6.05. The molecule has 3 aromatic rings. The molecular formula is C32H33F5N2O5. The number of benzene rings is 3. The topological polar surface area (TPSA) is 96.9 Å². The number of anilines is 1.